The molecule has 2 aliphatic heterocycles. The summed E-state index contributed by atoms with van der Waals surface area (Å²) in [5, 5.41) is 2.69. The summed E-state index contributed by atoms with van der Waals surface area (Å²) in [7, 11) is 0. The zero-order valence-corrected chi connectivity index (χ0v) is 22.6. The number of hydrogen-bond donors (Lipinski definition) is 1. The van der Waals surface area contributed by atoms with Gasteiger partial charge in [-0.3, -0.25) is 19.3 Å². The molecule has 39 heavy (non-hydrogen) atoms. The van der Waals surface area contributed by atoms with E-state index in [1.807, 2.05) is 33.8 Å². The molecule has 0 radical (unpaired) electrons. The van der Waals surface area contributed by atoms with Crippen LogP contribution in [-0.2, 0) is 27.0 Å². The molecule has 3 amide bonds. The lowest BCUT2D eigenvalue weighted by atomic mass is 9.91. The topological polar surface area (TPSA) is 79.0 Å². The zero-order chi connectivity index (χ0) is 28.6. The SMILES string of the molecule is Cc1cccc(C(=O)N2C(C(=O)NCc3cccc(C(F)(F)F)c3)COC23CCN(C(=O)C(C)(C)C)CC3)c1. The number of hydrogen-bond acceptors (Lipinski definition) is 4. The maximum atomic E-state index is 13.9. The van der Waals surface area contributed by atoms with Gasteiger partial charge in [0.05, 0.1) is 12.2 Å². The number of alkyl halides is 3. The highest BCUT2D eigenvalue weighted by Gasteiger charge is 2.54. The first kappa shape index (κ1) is 28.6. The van der Waals surface area contributed by atoms with Crippen molar-refractivity contribution < 1.29 is 32.3 Å². The molecule has 2 aromatic rings. The van der Waals surface area contributed by atoms with Gasteiger partial charge in [0.25, 0.3) is 5.91 Å². The minimum Gasteiger partial charge on any atom is -0.353 e. The van der Waals surface area contributed by atoms with Crippen molar-refractivity contribution in [3.05, 3.63) is 70.8 Å². The van der Waals surface area contributed by atoms with E-state index in [9.17, 15) is 27.6 Å². The number of nitrogens with zero attached hydrogens (tertiary/aromatic N) is 2. The molecule has 0 aliphatic carbocycles. The standard InChI is InChI=1S/C29H34F3N3O4/c1-19-7-5-9-21(15-19)25(37)35-23(24(36)33-17-20-8-6-10-22(16-20)29(30,31)32)18-39-28(35)11-13-34(14-12-28)26(38)27(2,3)4/h5-10,15-16,23H,11-14,17-18H2,1-4H3,(H,33,36). The van der Waals surface area contributed by atoms with Crippen LogP contribution in [0.1, 0.15) is 60.7 Å². The van der Waals surface area contributed by atoms with Crippen molar-refractivity contribution in [2.75, 3.05) is 19.7 Å². The maximum Gasteiger partial charge on any atom is 0.416 e. The average Bonchev–Trinajstić information content (AvgIpc) is 3.24. The van der Waals surface area contributed by atoms with Crippen LogP contribution >= 0.6 is 0 Å². The molecule has 0 bridgehead atoms. The molecule has 0 saturated carbocycles. The number of likely N-dealkylation sites (tertiary alicyclic amines) is 1. The second kappa shape index (κ2) is 10.6. The highest BCUT2D eigenvalue weighted by molar-refractivity contribution is 5.98. The fourth-order valence-corrected chi connectivity index (χ4v) is 5.18. The first-order valence-corrected chi connectivity index (χ1v) is 13.0. The highest BCUT2D eigenvalue weighted by atomic mass is 19.4. The Morgan fingerprint density at radius 3 is 2.31 bits per heavy atom. The molecule has 0 aromatic heterocycles. The summed E-state index contributed by atoms with van der Waals surface area (Å²) in [5.41, 5.74) is -0.852. The second-order valence-electron chi connectivity index (χ2n) is 11.3. The van der Waals surface area contributed by atoms with Gasteiger partial charge in [0.15, 0.2) is 0 Å². The third kappa shape index (κ3) is 6.11. The van der Waals surface area contributed by atoms with Gasteiger partial charge >= 0.3 is 6.18 Å². The van der Waals surface area contributed by atoms with Gasteiger partial charge in [-0.2, -0.15) is 13.2 Å². The van der Waals surface area contributed by atoms with Crippen LogP contribution in [0, 0.1) is 12.3 Å². The van der Waals surface area contributed by atoms with E-state index in [0.717, 1.165) is 17.7 Å². The van der Waals surface area contributed by atoms with Crippen molar-refractivity contribution in [3.8, 4) is 0 Å². The highest BCUT2D eigenvalue weighted by Crippen LogP contribution is 2.39. The number of halogens is 3. The number of piperidine rings is 1. The van der Waals surface area contributed by atoms with Crippen LogP contribution in [0.5, 0.6) is 0 Å². The van der Waals surface area contributed by atoms with E-state index < -0.39 is 34.8 Å². The summed E-state index contributed by atoms with van der Waals surface area (Å²) >= 11 is 0. The number of ether oxygens (including phenoxy) is 1. The molecule has 2 saturated heterocycles. The van der Waals surface area contributed by atoms with Crippen LogP contribution < -0.4 is 5.32 Å². The number of carbonyl (C=O) groups is 3. The molecule has 1 atom stereocenters. The fraction of sp³-hybridized carbons (Fsp3) is 0.483. The summed E-state index contributed by atoms with van der Waals surface area (Å²) in [4.78, 5) is 43.3. The van der Waals surface area contributed by atoms with Crippen molar-refractivity contribution >= 4 is 17.7 Å². The van der Waals surface area contributed by atoms with Crippen molar-refractivity contribution in [3.63, 3.8) is 0 Å². The Balaban J connectivity index is 1.56. The van der Waals surface area contributed by atoms with Crippen LogP contribution in [-0.4, -0.2) is 59.0 Å². The summed E-state index contributed by atoms with van der Waals surface area (Å²) in [6.07, 6.45) is -3.82. The molecular formula is C29H34F3N3O4. The summed E-state index contributed by atoms with van der Waals surface area (Å²) in [5.74, 6) is -0.883. The van der Waals surface area contributed by atoms with Crippen molar-refractivity contribution in [1.82, 2.24) is 15.1 Å². The maximum absolute atomic E-state index is 13.9. The van der Waals surface area contributed by atoms with Crippen molar-refractivity contribution in [2.45, 2.75) is 65.0 Å². The lowest BCUT2D eigenvalue weighted by Crippen LogP contribution is -2.60. The van der Waals surface area contributed by atoms with Crippen LogP contribution in [0.15, 0.2) is 48.5 Å². The molecule has 1 spiro atoms. The molecular weight excluding hydrogens is 511 g/mol. The quantitative estimate of drug-likeness (QED) is 0.612. The minimum atomic E-state index is -4.49. The monoisotopic (exact) mass is 545 g/mol. The lowest BCUT2D eigenvalue weighted by Gasteiger charge is -2.45. The molecule has 10 heteroatoms. The Morgan fingerprint density at radius 1 is 1.03 bits per heavy atom. The largest absolute Gasteiger partial charge is 0.416 e. The van der Waals surface area contributed by atoms with Gasteiger partial charge in [-0.1, -0.05) is 50.6 Å². The lowest BCUT2D eigenvalue weighted by molar-refractivity contribution is -0.150. The minimum absolute atomic E-state index is 0.00212. The number of aryl methyl sites for hydroxylation is 1. The van der Waals surface area contributed by atoms with Gasteiger partial charge in [0.2, 0.25) is 11.8 Å². The Kier molecular flexibility index (Phi) is 7.80. The Labute approximate surface area is 226 Å². The second-order valence-corrected chi connectivity index (χ2v) is 11.3. The van der Waals surface area contributed by atoms with Gasteiger partial charge < -0.3 is 15.0 Å². The molecule has 2 fully saturated rings. The number of rotatable bonds is 4. The molecule has 210 valence electrons. The van der Waals surface area contributed by atoms with Crippen LogP contribution in [0.4, 0.5) is 13.2 Å². The van der Waals surface area contributed by atoms with Gasteiger partial charge in [-0.25, -0.2) is 0 Å². The molecule has 2 aliphatic rings. The van der Waals surface area contributed by atoms with E-state index in [1.165, 1.54) is 17.0 Å². The van der Waals surface area contributed by atoms with E-state index in [4.69, 9.17) is 4.74 Å². The first-order chi connectivity index (χ1) is 18.2. The third-order valence-electron chi connectivity index (χ3n) is 7.24. The summed E-state index contributed by atoms with van der Waals surface area (Å²) in [6, 6.07) is 10.8. The molecule has 1 unspecified atom stereocenters. The van der Waals surface area contributed by atoms with E-state index >= 15 is 0 Å². The van der Waals surface area contributed by atoms with Crippen LogP contribution in [0.25, 0.3) is 0 Å². The van der Waals surface area contributed by atoms with Crippen molar-refractivity contribution in [1.29, 1.82) is 0 Å². The summed E-state index contributed by atoms with van der Waals surface area (Å²) in [6.45, 7) is 7.96. The predicted octanol–water partition coefficient (Wildman–Crippen LogP) is 4.54. The zero-order valence-electron chi connectivity index (χ0n) is 22.6. The van der Waals surface area contributed by atoms with Crippen LogP contribution in [0.3, 0.4) is 0 Å². The van der Waals surface area contributed by atoms with E-state index in [1.54, 1.807) is 23.1 Å². The number of nitrogens with one attached hydrogen (secondary N) is 1. The van der Waals surface area contributed by atoms with Gasteiger partial charge in [0.1, 0.15) is 11.8 Å². The first-order valence-electron chi connectivity index (χ1n) is 13.0. The Hall–Kier alpha value is -3.40. The molecule has 2 aromatic carbocycles. The van der Waals surface area contributed by atoms with Gasteiger partial charge in [-0.15, -0.1) is 0 Å². The van der Waals surface area contributed by atoms with E-state index in [2.05, 4.69) is 5.32 Å². The summed E-state index contributed by atoms with van der Waals surface area (Å²) < 4.78 is 45.5. The fourth-order valence-electron chi connectivity index (χ4n) is 5.18. The predicted molar refractivity (Wildman–Crippen MR) is 138 cm³/mol. The number of carbonyl (C=O) groups excluding carboxylic acids is 3. The smallest absolute Gasteiger partial charge is 0.353 e. The Bertz CT molecular complexity index is 1250. The average molecular weight is 546 g/mol. The Morgan fingerprint density at radius 2 is 1.69 bits per heavy atom. The molecule has 4 rings (SSSR count). The van der Waals surface area contributed by atoms with E-state index in [-0.39, 0.29) is 30.5 Å². The molecule has 7 nitrogen and oxygen atoms in total. The third-order valence-corrected chi connectivity index (χ3v) is 7.24. The number of amides is 3. The molecule has 1 N–H and O–H groups in total. The normalized spacial score (nSPS) is 19.3. The van der Waals surface area contributed by atoms with Crippen molar-refractivity contribution in [2.24, 2.45) is 5.41 Å². The van der Waals surface area contributed by atoms with Crippen LogP contribution in [0.2, 0.25) is 0 Å². The van der Waals surface area contributed by atoms with Gasteiger partial charge in [-0.05, 0) is 36.8 Å². The van der Waals surface area contributed by atoms with Gasteiger partial charge in [0, 0.05) is 43.5 Å². The molecule has 2 heterocycles. The number of benzene rings is 2. The van der Waals surface area contributed by atoms with E-state index in [0.29, 0.717) is 31.5 Å².